The van der Waals surface area contributed by atoms with Gasteiger partial charge in [-0.05, 0) is 120 Å². The molecule has 0 aromatic heterocycles. The molecule has 0 radical (unpaired) electrons. The molecule has 0 spiro atoms. The second kappa shape index (κ2) is 13.2. The molecule has 4 nitrogen and oxygen atoms in total. The van der Waals surface area contributed by atoms with Gasteiger partial charge in [0.25, 0.3) is 0 Å². The maximum Gasteiger partial charge on any atom is 0.207 e. The van der Waals surface area contributed by atoms with Crippen LogP contribution in [0, 0.1) is 0 Å². The summed E-state index contributed by atoms with van der Waals surface area (Å²) in [5.74, 6) is 0. The molecule has 9 rings (SSSR count). The fourth-order valence-electron chi connectivity index (χ4n) is 8.14. The van der Waals surface area contributed by atoms with Crippen molar-refractivity contribution in [3.8, 4) is 0 Å². The fourth-order valence-corrected chi connectivity index (χ4v) is 10.1. The molecule has 0 N–H and O–H groups in total. The number of anilines is 6. The Bertz CT molecular complexity index is 2150. The summed E-state index contributed by atoms with van der Waals surface area (Å²) in [6.07, 6.45) is 3.81. The Hall–Kier alpha value is -4.55. The lowest BCUT2D eigenvalue weighted by molar-refractivity contribution is 0.556. The van der Waals surface area contributed by atoms with Crippen molar-refractivity contribution in [3.05, 3.63) is 167 Å². The van der Waals surface area contributed by atoms with Crippen LogP contribution in [0.2, 0.25) is 0 Å². The van der Waals surface area contributed by atoms with Crippen LogP contribution in [0.15, 0.2) is 143 Å². The van der Waals surface area contributed by atoms with Gasteiger partial charge in [0, 0.05) is 39.5 Å². The number of hydrogen-bond donors (Lipinski definition) is 0. The predicted octanol–water partition coefficient (Wildman–Crippen LogP) is 11.7. The number of para-hydroxylation sites is 4. The van der Waals surface area contributed by atoms with Gasteiger partial charge in [0.2, 0.25) is 9.84 Å². The van der Waals surface area contributed by atoms with Crippen molar-refractivity contribution in [2.24, 2.45) is 0 Å². The van der Waals surface area contributed by atoms with Crippen LogP contribution in [0.25, 0.3) is 0 Å². The number of sulfone groups is 1. The monoisotopic (exact) mass is 728 g/mol. The summed E-state index contributed by atoms with van der Waals surface area (Å²) < 4.78 is 28.9. The lowest BCUT2D eigenvalue weighted by Gasteiger charge is -2.37. The van der Waals surface area contributed by atoms with Crippen LogP contribution >= 0.6 is 23.2 Å². The number of rotatable bonds is 2. The zero-order valence-electron chi connectivity index (χ0n) is 28.6. The van der Waals surface area contributed by atoms with E-state index in [1.165, 1.54) is 22.3 Å². The SMILES string of the molecule is CC1(C)c2cc(N3c4ccccc4CCc4ccccc43)ccc2S(=O)(=O)c2ccc(N3c4ccccc4CCc4ccccc43)cc21.ClCCl. The summed E-state index contributed by atoms with van der Waals surface area (Å²) in [6, 6.07) is 46.2. The number of alkyl halides is 2. The number of fused-ring (bicyclic) bond motifs is 6. The Kier molecular flexibility index (Phi) is 8.70. The third-order valence-electron chi connectivity index (χ3n) is 10.6. The highest BCUT2D eigenvalue weighted by molar-refractivity contribution is 7.91. The van der Waals surface area contributed by atoms with E-state index in [4.69, 9.17) is 23.2 Å². The summed E-state index contributed by atoms with van der Waals surface area (Å²) in [5, 5.41) is 0.194. The molecular formula is C44H38Cl2N2O2S. The van der Waals surface area contributed by atoms with Gasteiger partial charge in [-0.25, -0.2) is 8.42 Å². The second-order valence-corrected chi connectivity index (χ2v) is 16.5. The molecule has 0 bridgehead atoms. The van der Waals surface area contributed by atoms with Gasteiger partial charge in [0.05, 0.1) is 15.1 Å². The van der Waals surface area contributed by atoms with Crippen molar-refractivity contribution in [1.82, 2.24) is 0 Å². The summed E-state index contributed by atoms with van der Waals surface area (Å²) in [4.78, 5) is 5.41. The average Bonchev–Trinajstić information content (AvgIpc) is 3.42. The molecule has 0 atom stereocenters. The summed E-state index contributed by atoms with van der Waals surface area (Å²) >= 11 is 9.53. The molecule has 0 saturated heterocycles. The van der Waals surface area contributed by atoms with Gasteiger partial charge in [0.1, 0.15) is 0 Å². The van der Waals surface area contributed by atoms with Crippen LogP contribution in [0.4, 0.5) is 34.1 Å². The number of halogens is 2. The van der Waals surface area contributed by atoms with E-state index in [0.717, 1.165) is 70.9 Å². The van der Waals surface area contributed by atoms with Crippen molar-refractivity contribution in [2.45, 2.75) is 54.7 Å². The molecule has 0 unspecified atom stereocenters. The summed E-state index contributed by atoms with van der Waals surface area (Å²) in [7, 11) is -3.76. The van der Waals surface area contributed by atoms with Crippen LogP contribution in [0.5, 0.6) is 0 Å². The zero-order chi connectivity index (χ0) is 35.3. The molecule has 3 aliphatic heterocycles. The molecular weight excluding hydrogens is 691 g/mol. The highest BCUT2D eigenvalue weighted by atomic mass is 35.5. The van der Waals surface area contributed by atoms with Crippen molar-refractivity contribution in [2.75, 3.05) is 15.1 Å². The van der Waals surface area contributed by atoms with Crippen molar-refractivity contribution < 1.29 is 8.42 Å². The van der Waals surface area contributed by atoms with Crippen molar-refractivity contribution in [3.63, 3.8) is 0 Å². The molecule has 0 aliphatic carbocycles. The second-order valence-electron chi connectivity index (χ2n) is 13.8. The molecule has 6 aromatic rings. The van der Waals surface area contributed by atoms with E-state index in [-0.39, 0.29) is 5.34 Å². The van der Waals surface area contributed by atoms with E-state index < -0.39 is 15.3 Å². The first-order valence-electron chi connectivity index (χ1n) is 17.3. The smallest absolute Gasteiger partial charge is 0.207 e. The van der Waals surface area contributed by atoms with E-state index in [1.54, 1.807) is 0 Å². The van der Waals surface area contributed by atoms with Crippen LogP contribution in [0.3, 0.4) is 0 Å². The minimum Gasteiger partial charge on any atom is -0.310 e. The molecule has 6 aromatic carbocycles. The number of nitrogens with zero attached hydrogens (tertiary/aromatic N) is 2. The maximum absolute atomic E-state index is 14.4. The Morgan fingerprint density at radius 3 is 1.12 bits per heavy atom. The maximum atomic E-state index is 14.4. The van der Waals surface area contributed by atoms with Gasteiger partial charge < -0.3 is 9.80 Å². The minimum absolute atomic E-state index is 0.194. The molecule has 256 valence electrons. The molecule has 3 aliphatic rings. The third-order valence-corrected chi connectivity index (χ3v) is 12.5. The van der Waals surface area contributed by atoms with E-state index in [0.29, 0.717) is 9.79 Å². The summed E-state index contributed by atoms with van der Waals surface area (Å²) in [5.41, 5.74) is 12.7. The molecule has 0 fully saturated rings. The standard InChI is InChI=1S/C43H36N2O2S.CH2Cl2/c1-43(2)35-27-33(44-37-15-7-3-11-29(37)19-20-30-12-4-8-16-38(30)44)23-25-41(35)48(46,47)42-26-24-34(28-36(42)43)45-39-17-9-5-13-31(39)21-22-32-14-6-10-18-40(32)45;2-1-3/h3-18,23-28H,19-22H2,1-2H3;1H2. The highest BCUT2D eigenvalue weighted by Gasteiger charge is 2.42. The van der Waals surface area contributed by atoms with Crippen LogP contribution in [-0.4, -0.2) is 13.8 Å². The van der Waals surface area contributed by atoms with Crippen molar-refractivity contribution in [1.29, 1.82) is 0 Å². The van der Waals surface area contributed by atoms with Gasteiger partial charge in [0.15, 0.2) is 0 Å². The molecule has 0 amide bonds. The molecule has 7 heteroatoms. The van der Waals surface area contributed by atoms with Gasteiger partial charge >= 0.3 is 0 Å². The molecule has 3 heterocycles. The lowest BCUT2D eigenvalue weighted by Crippen LogP contribution is -2.30. The summed E-state index contributed by atoms with van der Waals surface area (Å²) in [6.45, 7) is 4.34. The third kappa shape index (κ3) is 5.63. The lowest BCUT2D eigenvalue weighted by atomic mass is 9.77. The number of hydrogen-bond acceptors (Lipinski definition) is 4. The van der Waals surface area contributed by atoms with Crippen LogP contribution < -0.4 is 9.80 Å². The van der Waals surface area contributed by atoms with E-state index in [2.05, 4.69) is 133 Å². The van der Waals surface area contributed by atoms with Crippen LogP contribution in [-0.2, 0) is 40.9 Å². The zero-order valence-corrected chi connectivity index (χ0v) is 30.9. The average molecular weight is 730 g/mol. The van der Waals surface area contributed by atoms with E-state index in [9.17, 15) is 8.42 Å². The Labute approximate surface area is 310 Å². The molecule has 0 saturated carbocycles. The number of aryl methyl sites for hydroxylation is 4. The van der Waals surface area contributed by atoms with E-state index in [1.807, 2.05) is 24.3 Å². The minimum atomic E-state index is -3.76. The topological polar surface area (TPSA) is 40.6 Å². The first kappa shape index (κ1) is 33.6. The van der Waals surface area contributed by atoms with Gasteiger partial charge in [-0.15, -0.1) is 23.2 Å². The Morgan fingerprint density at radius 2 is 0.804 bits per heavy atom. The fraction of sp³-hybridized carbons (Fsp3) is 0.182. The van der Waals surface area contributed by atoms with Gasteiger partial charge in [-0.1, -0.05) is 86.6 Å². The normalized spacial score (nSPS) is 16.0. The first-order chi connectivity index (χ1) is 24.7. The van der Waals surface area contributed by atoms with Gasteiger partial charge in [-0.2, -0.15) is 0 Å². The Morgan fingerprint density at radius 1 is 0.510 bits per heavy atom. The Balaban J connectivity index is 0.00000121. The molecule has 51 heavy (non-hydrogen) atoms. The van der Waals surface area contributed by atoms with Gasteiger partial charge in [-0.3, -0.25) is 0 Å². The quantitative estimate of drug-likeness (QED) is 0.166. The largest absolute Gasteiger partial charge is 0.310 e. The highest BCUT2D eigenvalue weighted by Crippen LogP contribution is 2.51. The number of benzene rings is 6. The predicted molar refractivity (Wildman–Crippen MR) is 211 cm³/mol. The van der Waals surface area contributed by atoms with E-state index >= 15 is 0 Å². The van der Waals surface area contributed by atoms with Crippen molar-refractivity contribution >= 4 is 67.2 Å². The first-order valence-corrected chi connectivity index (χ1v) is 19.9. The van der Waals surface area contributed by atoms with Crippen LogP contribution in [0.1, 0.15) is 47.2 Å².